The maximum absolute atomic E-state index is 12.9. The lowest BCUT2D eigenvalue weighted by Crippen LogP contribution is -2.43. The van der Waals surface area contributed by atoms with Gasteiger partial charge < -0.3 is 15.8 Å². The van der Waals surface area contributed by atoms with Gasteiger partial charge in [-0.15, -0.1) is 12.4 Å². The van der Waals surface area contributed by atoms with Crippen LogP contribution in [0.25, 0.3) is 5.69 Å². The van der Waals surface area contributed by atoms with Crippen molar-refractivity contribution in [3.8, 4) is 5.69 Å². The zero-order valence-electron chi connectivity index (χ0n) is 13.0. The van der Waals surface area contributed by atoms with Crippen LogP contribution in [0.5, 0.6) is 0 Å². The number of amides is 1. The van der Waals surface area contributed by atoms with Crippen molar-refractivity contribution >= 4 is 18.3 Å². The zero-order chi connectivity index (χ0) is 16.1. The molecule has 1 atom stereocenters. The minimum atomic E-state index is -0.697. The molecule has 2 rings (SSSR count). The van der Waals surface area contributed by atoms with Crippen molar-refractivity contribution in [3.05, 3.63) is 47.5 Å². The van der Waals surface area contributed by atoms with E-state index in [2.05, 4.69) is 10.4 Å². The first-order chi connectivity index (χ1) is 10.5. The number of aryl methyl sites for hydroxylation is 1. The lowest BCUT2D eigenvalue weighted by atomic mass is 10.2. The summed E-state index contributed by atoms with van der Waals surface area (Å²) >= 11 is 0. The first-order valence-corrected chi connectivity index (χ1v) is 6.84. The molecule has 0 radical (unpaired) electrons. The molecule has 0 spiro atoms. The number of methoxy groups -OCH3 is 1. The number of nitrogens with two attached hydrogens (primary N) is 1. The number of ether oxygens (including phenoxy) is 1. The first-order valence-electron chi connectivity index (χ1n) is 6.84. The molecule has 0 aliphatic rings. The molecule has 0 bridgehead atoms. The van der Waals surface area contributed by atoms with E-state index in [1.807, 2.05) is 6.92 Å². The number of halogens is 2. The molecular weight excluding hydrogens is 323 g/mol. The third-order valence-electron chi connectivity index (χ3n) is 3.23. The molecule has 1 amide bonds. The van der Waals surface area contributed by atoms with E-state index in [-0.39, 0.29) is 30.7 Å². The van der Waals surface area contributed by atoms with Gasteiger partial charge in [0.15, 0.2) is 0 Å². The summed E-state index contributed by atoms with van der Waals surface area (Å²) in [4.78, 5) is 11.7. The van der Waals surface area contributed by atoms with E-state index < -0.39 is 6.04 Å². The van der Waals surface area contributed by atoms with Crippen LogP contribution in [0.2, 0.25) is 0 Å². The fourth-order valence-corrected chi connectivity index (χ4v) is 1.96. The van der Waals surface area contributed by atoms with Crippen LogP contribution in [-0.2, 0) is 16.1 Å². The number of aromatic nitrogens is 2. The Morgan fingerprint density at radius 1 is 1.43 bits per heavy atom. The van der Waals surface area contributed by atoms with Crippen molar-refractivity contribution in [2.45, 2.75) is 19.5 Å². The van der Waals surface area contributed by atoms with Gasteiger partial charge in [0.1, 0.15) is 11.9 Å². The van der Waals surface area contributed by atoms with Gasteiger partial charge in [0.25, 0.3) is 0 Å². The Labute approximate surface area is 140 Å². The molecule has 0 saturated heterocycles. The molecule has 1 unspecified atom stereocenters. The number of carbonyl (C=O) groups is 1. The van der Waals surface area contributed by atoms with Gasteiger partial charge in [-0.05, 0) is 31.2 Å². The molecule has 1 aromatic carbocycles. The van der Waals surface area contributed by atoms with Crippen molar-refractivity contribution in [1.82, 2.24) is 15.1 Å². The van der Waals surface area contributed by atoms with E-state index in [9.17, 15) is 9.18 Å². The maximum atomic E-state index is 12.9. The Bertz CT molecular complexity index is 645. The monoisotopic (exact) mass is 342 g/mol. The Morgan fingerprint density at radius 3 is 2.70 bits per heavy atom. The molecule has 126 valence electrons. The number of benzene rings is 1. The highest BCUT2D eigenvalue weighted by Gasteiger charge is 2.14. The van der Waals surface area contributed by atoms with Gasteiger partial charge in [-0.1, -0.05) is 0 Å². The zero-order valence-corrected chi connectivity index (χ0v) is 13.8. The van der Waals surface area contributed by atoms with Gasteiger partial charge in [-0.2, -0.15) is 5.10 Å². The summed E-state index contributed by atoms with van der Waals surface area (Å²) in [5, 5.41) is 7.10. The van der Waals surface area contributed by atoms with Gasteiger partial charge in [-0.3, -0.25) is 4.79 Å². The SMILES string of the molecule is COCC(N)C(=O)NCc1cn(-c2ccc(F)cc2)nc1C.Cl. The van der Waals surface area contributed by atoms with E-state index in [1.54, 1.807) is 23.0 Å². The molecule has 8 heteroatoms. The van der Waals surface area contributed by atoms with Crippen molar-refractivity contribution in [2.24, 2.45) is 5.73 Å². The van der Waals surface area contributed by atoms with Crippen LogP contribution in [-0.4, -0.2) is 35.4 Å². The van der Waals surface area contributed by atoms with Crippen molar-refractivity contribution in [2.75, 3.05) is 13.7 Å². The predicted octanol–water partition coefficient (Wildman–Crippen LogP) is 1.33. The third-order valence-corrected chi connectivity index (χ3v) is 3.23. The molecule has 1 heterocycles. The number of hydrogen-bond acceptors (Lipinski definition) is 4. The van der Waals surface area contributed by atoms with E-state index in [0.717, 1.165) is 16.9 Å². The molecule has 3 N–H and O–H groups in total. The molecule has 0 aliphatic heterocycles. The molecule has 2 aromatic rings. The summed E-state index contributed by atoms with van der Waals surface area (Å²) in [6, 6.07) is 5.32. The average Bonchev–Trinajstić information content (AvgIpc) is 2.87. The van der Waals surface area contributed by atoms with Crippen LogP contribution < -0.4 is 11.1 Å². The molecule has 23 heavy (non-hydrogen) atoms. The Hall–Kier alpha value is -1.96. The number of hydrogen-bond donors (Lipinski definition) is 2. The lowest BCUT2D eigenvalue weighted by Gasteiger charge is -2.10. The van der Waals surface area contributed by atoms with Crippen LogP contribution >= 0.6 is 12.4 Å². The molecule has 0 fully saturated rings. The fraction of sp³-hybridized carbons (Fsp3) is 0.333. The fourth-order valence-electron chi connectivity index (χ4n) is 1.96. The second-order valence-corrected chi connectivity index (χ2v) is 4.94. The first kappa shape index (κ1) is 19.1. The van der Waals surface area contributed by atoms with Crippen LogP contribution in [0.3, 0.4) is 0 Å². The summed E-state index contributed by atoms with van der Waals surface area (Å²) in [7, 11) is 1.49. The maximum Gasteiger partial charge on any atom is 0.239 e. The largest absolute Gasteiger partial charge is 0.383 e. The highest BCUT2D eigenvalue weighted by Crippen LogP contribution is 2.12. The second kappa shape index (κ2) is 8.61. The topological polar surface area (TPSA) is 82.2 Å². The van der Waals surface area contributed by atoms with Gasteiger partial charge in [-0.25, -0.2) is 9.07 Å². The van der Waals surface area contributed by atoms with Crippen LogP contribution in [0.4, 0.5) is 4.39 Å². The molecule has 1 aromatic heterocycles. The predicted molar refractivity (Wildman–Crippen MR) is 87.2 cm³/mol. The molecule has 0 saturated carbocycles. The molecule has 6 nitrogen and oxygen atoms in total. The number of nitrogens with zero attached hydrogens (tertiary/aromatic N) is 2. The smallest absolute Gasteiger partial charge is 0.239 e. The summed E-state index contributed by atoms with van der Waals surface area (Å²) in [6.07, 6.45) is 1.80. The molecule has 0 aliphatic carbocycles. The van der Waals surface area contributed by atoms with E-state index >= 15 is 0 Å². The van der Waals surface area contributed by atoms with Gasteiger partial charge in [0.2, 0.25) is 5.91 Å². The van der Waals surface area contributed by atoms with Crippen LogP contribution in [0.1, 0.15) is 11.3 Å². The van der Waals surface area contributed by atoms with E-state index in [0.29, 0.717) is 6.54 Å². The summed E-state index contributed by atoms with van der Waals surface area (Å²) < 4.78 is 19.4. The number of carbonyl (C=O) groups excluding carboxylic acids is 1. The molecular formula is C15H20ClFN4O2. The highest BCUT2D eigenvalue weighted by atomic mass is 35.5. The summed E-state index contributed by atoms with van der Waals surface area (Å²) in [6.45, 7) is 2.33. The van der Waals surface area contributed by atoms with Crippen LogP contribution in [0, 0.1) is 12.7 Å². The number of nitrogens with one attached hydrogen (secondary N) is 1. The Morgan fingerprint density at radius 2 is 2.09 bits per heavy atom. The third kappa shape index (κ3) is 5.02. The minimum Gasteiger partial charge on any atom is -0.383 e. The van der Waals surface area contributed by atoms with Crippen molar-refractivity contribution in [1.29, 1.82) is 0 Å². The Kier molecular flexibility index (Phi) is 7.15. The Balaban J connectivity index is 0.00000264. The average molecular weight is 343 g/mol. The number of rotatable bonds is 6. The second-order valence-electron chi connectivity index (χ2n) is 4.94. The van der Waals surface area contributed by atoms with Crippen LogP contribution in [0.15, 0.2) is 30.5 Å². The minimum absolute atomic E-state index is 0. The summed E-state index contributed by atoms with van der Waals surface area (Å²) in [5.41, 5.74) is 8.04. The normalized spacial score (nSPS) is 11.7. The van der Waals surface area contributed by atoms with Crippen molar-refractivity contribution < 1.29 is 13.9 Å². The quantitative estimate of drug-likeness (QED) is 0.829. The lowest BCUT2D eigenvalue weighted by molar-refractivity contribution is -0.123. The van der Waals surface area contributed by atoms with Crippen molar-refractivity contribution in [3.63, 3.8) is 0 Å². The van der Waals surface area contributed by atoms with Gasteiger partial charge in [0.05, 0.1) is 18.0 Å². The van der Waals surface area contributed by atoms with Gasteiger partial charge >= 0.3 is 0 Å². The van der Waals surface area contributed by atoms with E-state index in [1.165, 1.54) is 19.2 Å². The highest BCUT2D eigenvalue weighted by molar-refractivity contribution is 5.85. The van der Waals surface area contributed by atoms with Gasteiger partial charge in [0, 0.05) is 25.4 Å². The van der Waals surface area contributed by atoms with E-state index in [4.69, 9.17) is 10.5 Å². The standard InChI is InChI=1S/C15H19FN4O2.ClH/c1-10-11(7-18-15(21)14(17)9-22-2)8-20(19-10)13-5-3-12(16)4-6-13;/h3-6,8,14H,7,9,17H2,1-2H3,(H,18,21);1H. The summed E-state index contributed by atoms with van der Waals surface area (Å²) in [5.74, 6) is -0.581.